The lowest BCUT2D eigenvalue weighted by Gasteiger charge is -2.24. The number of hydrogen-bond donors (Lipinski definition) is 1. The number of ether oxygens (including phenoxy) is 3. The van der Waals surface area contributed by atoms with Crippen molar-refractivity contribution in [1.29, 1.82) is 0 Å². The molecule has 0 spiro atoms. The Balaban J connectivity index is 1.43. The minimum Gasteiger partial charge on any atom is -0.496 e. The van der Waals surface area contributed by atoms with Gasteiger partial charge in [0.25, 0.3) is 0 Å². The lowest BCUT2D eigenvalue weighted by atomic mass is 9.99. The highest BCUT2D eigenvalue weighted by molar-refractivity contribution is 5.99. The fourth-order valence-electron chi connectivity index (χ4n) is 6.13. The molecule has 0 bridgehead atoms. The molecule has 1 N–H and O–H groups in total. The van der Waals surface area contributed by atoms with Crippen LogP contribution in [-0.4, -0.2) is 70.3 Å². The lowest BCUT2D eigenvalue weighted by molar-refractivity contribution is -0.139. The highest BCUT2D eigenvalue weighted by atomic mass is 16.5. The summed E-state index contributed by atoms with van der Waals surface area (Å²) in [6.45, 7) is 7.97. The van der Waals surface area contributed by atoms with Crippen LogP contribution < -0.4 is 19.3 Å². The predicted octanol–water partition coefficient (Wildman–Crippen LogP) is 9.57. The van der Waals surface area contributed by atoms with Gasteiger partial charge in [-0.05, 0) is 84.5 Å². The van der Waals surface area contributed by atoms with Crippen molar-refractivity contribution in [2.45, 2.75) is 52.9 Å². The Kier molecular flexibility index (Phi) is 16.1. The van der Waals surface area contributed by atoms with E-state index in [1.807, 2.05) is 60.5 Å². The summed E-state index contributed by atoms with van der Waals surface area (Å²) in [5, 5.41) is 9.73. The molecule has 0 radical (unpaired) electrons. The Labute approximate surface area is 325 Å². The van der Waals surface area contributed by atoms with E-state index in [4.69, 9.17) is 14.2 Å². The molecule has 4 aromatic rings. The maximum Gasteiger partial charge on any atom is 0.335 e. The number of esters is 1. The minimum atomic E-state index is -1.07. The number of unbranched alkanes of at least 4 members (excludes halogenated alkanes) is 2. The van der Waals surface area contributed by atoms with E-state index in [-0.39, 0.29) is 5.56 Å². The van der Waals surface area contributed by atoms with Gasteiger partial charge in [0.15, 0.2) is 12.4 Å². The SMILES string of the molecule is CCCCN(CCCC)c1ccc(C=Cc2cc(OC)c(C=Cc3ccc(N(C)CCc4cc(C(=O)COC(C)=O)ccc4C(=O)O)cc3)cc2OC)cc1. The molecule has 0 atom stereocenters. The number of carbonyl (C=O) groups excluding carboxylic acids is 2. The summed E-state index contributed by atoms with van der Waals surface area (Å²) in [5.74, 6) is -0.551. The van der Waals surface area contributed by atoms with Crippen LogP contribution in [0.2, 0.25) is 0 Å². The van der Waals surface area contributed by atoms with Crippen LogP contribution in [0.25, 0.3) is 24.3 Å². The topological polar surface area (TPSA) is 106 Å². The Morgan fingerprint density at radius 2 is 1.22 bits per heavy atom. The van der Waals surface area contributed by atoms with Gasteiger partial charge in [0.2, 0.25) is 0 Å². The molecule has 0 saturated heterocycles. The molecule has 0 aliphatic heterocycles. The first-order chi connectivity index (χ1) is 26.6. The normalized spacial score (nSPS) is 11.2. The van der Waals surface area contributed by atoms with Crippen LogP contribution in [0, 0.1) is 0 Å². The summed E-state index contributed by atoms with van der Waals surface area (Å²) in [5.41, 5.74) is 7.06. The Hall–Kier alpha value is -5.83. The number of benzene rings is 4. The van der Waals surface area contributed by atoms with Crippen LogP contribution in [-0.2, 0) is 16.0 Å². The quantitative estimate of drug-likeness (QED) is 0.0507. The molecule has 0 saturated carbocycles. The zero-order valence-corrected chi connectivity index (χ0v) is 33.0. The number of methoxy groups -OCH3 is 2. The fraction of sp³-hybridized carbons (Fsp3) is 0.326. The molecule has 9 heteroatoms. The van der Waals surface area contributed by atoms with Crippen molar-refractivity contribution in [1.82, 2.24) is 0 Å². The van der Waals surface area contributed by atoms with E-state index in [0.717, 1.165) is 52.5 Å². The first-order valence-electron chi connectivity index (χ1n) is 18.9. The smallest absolute Gasteiger partial charge is 0.335 e. The van der Waals surface area contributed by atoms with Gasteiger partial charge >= 0.3 is 11.9 Å². The number of rotatable bonds is 21. The molecule has 55 heavy (non-hydrogen) atoms. The van der Waals surface area contributed by atoms with Gasteiger partial charge in [0, 0.05) is 61.7 Å². The van der Waals surface area contributed by atoms with Crippen LogP contribution in [0.4, 0.5) is 11.4 Å². The number of Topliss-reactive ketones (excluding diaryl/α,β-unsaturated/α-hetero) is 1. The summed E-state index contributed by atoms with van der Waals surface area (Å²) in [6, 6.07) is 25.2. The molecule has 290 valence electrons. The summed E-state index contributed by atoms with van der Waals surface area (Å²) >= 11 is 0. The molecule has 4 rings (SSSR count). The van der Waals surface area contributed by atoms with E-state index in [9.17, 15) is 19.5 Å². The second-order valence-electron chi connectivity index (χ2n) is 13.4. The number of anilines is 2. The Bertz CT molecular complexity index is 1940. The standard InChI is InChI=1S/C46H54N2O7/c1-7-9-26-48(27-10-8-2)41-22-15-35(16-23-41)12-18-39-31-44(53-5)38(30-45(39)54-6)17-11-34-13-20-40(21-14-34)47(4)28-25-36-29-37(19-24-42(36)46(51)52)43(50)32-55-33(3)49/h11-24,29-31H,7-10,25-28,32H2,1-6H3,(H,51,52). The van der Waals surface area contributed by atoms with Gasteiger partial charge in [-0.3, -0.25) is 9.59 Å². The minimum absolute atomic E-state index is 0.131. The number of ketones is 1. The number of carboxylic acid groups (broad SMARTS) is 1. The van der Waals surface area contributed by atoms with Crippen molar-refractivity contribution in [3.63, 3.8) is 0 Å². The van der Waals surface area contributed by atoms with Gasteiger partial charge in [0.1, 0.15) is 11.5 Å². The van der Waals surface area contributed by atoms with Crippen LogP contribution in [0.5, 0.6) is 11.5 Å². The number of carbonyl (C=O) groups is 3. The fourth-order valence-corrected chi connectivity index (χ4v) is 6.13. The molecular formula is C46H54N2O7. The summed E-state index contributed by atoms with van der Waals surface area (Å²) < 4.78 is 16.4. The van der Waals surface area contributed by atoms with Crippen molar-refractivity contribution >= 4 is 53.4 Å². The first-order valence-corrected chi connectivity index (χ1v) is 18.9. The van der Waals surface area contributed by atoms with Gasteiger partial charge in [-0.25, -0.2) is 4.79 Å². The second kappa shape index (κ2) is 21.2. The monoisotopic (exact) mass is 746 g/mol. The van der Waals surface area contributed by atoms with Crippen LogP contribution in [0.1, 0.15) is 95.0 Å². The number of nitrogens with zero attached hydrogens (tertiary/aromatic N) is 2. The van der Waals surface area contributed by atoms with Crippen molar-refractivity contribution in [3.8, 4) is 11.5 Å². The Morgan fingerprint density at radius 1 is 0.691 bits per heavy atom. The average Bonchev–Trinajstić information content (AvgIpc) is 3.20. The third-order valence-electron chi connectivity index (χ3n) is 9.43. The van der Waals surface area contributed by atoms with E-state index in [1.165, 1.54) is 50.4 Å². The number of aromatic carboxylic acids is 1. The molecule has 9 nitrogen and oxygen atoms in total. The molecule has 0 amide bonds. The number of carboxylic acids is 1. The summed E-state index contributed by atoms with van der Waals surface area (Å²) in [4.78, 5) is 40.0. The molecule has 0 heterocycles. The third-order valence-corrected chi connectivity index (χ3v) is 9.43. The predicted molar refractivity (Wildman–Crippen MR) is 224 cm³/mol. The largest absolute Gasteiger partial charge is 0.496 e. The van der Waals surface area contributed by atoms with E-state index >= 15 is 0 Å². The highest BCUT2D eigenvalue weighted by Crippen LogP contribution is 2.32. The van der Waals surface area contributed by atoms with Crippen LogP contribution >= 0.6 is 0 Å². The van der Waals surface area contributed by atoms with Gasteiger partial charge in [-0.15, -0.1) is 0 Å². The van der Waals surface area contributed by atoms with Crippen molar-refractivity contribution in [2.24, 2.45) is 0 Å². The van der Waals surface area contributed by atoms with E-state index in [2.05, 4.69) is 55.2 Å². The summed E-state index contributed by atoms with van der Waals surface area (Å²) in [7, 11) is 5.26. The van der Waals surface area contributed by atoms with Gasteiger partial charge in [0.05, 0.1) is 19.8 Å². The molecule has 0 unspecified atom stereocenters. The molecular weight excluding hydrogens is 693 g/mol. The van der Waals surface area contributed by atoms with Gasteiger partial charge < -0.3 is 29.1 Å². The van der Waals surface area contributed by atoms with E-state index in [0.29, 0.717) is 24.1 Å². The zero-order valence-electron chi connectivity index (χ0n) is 33.0. The van der Waals surface area contributed by atoms with E-state index in [1.54, 1.807) is 20.3 Å². The molecule has 0 fully saturated rings. The van der Waals surface area contributed by atoms with Crippen molar-refractivity contribution < 1.29 is 33.7 Å². The molecule has 0 aliphatic rings. The third kappa shape index (κ3) is 12.4. The van der Waals surface area contributed by atoms with Gasteiger partial charge in [-0.1, -0.05) is 81.3 Å². The average molecular weight is 747 g/mol. The maximum absolute atomic E-state index is 12.5. The number of likely N-dealkylation sites (N-methyl/N-ethyl adjacent to an activating group) is 1. The zero-order chi connectivity index (χ0) is 39.7. The first kappa shape index (κ1) is 41.9. The van der Waals surface area contributed by atoms with Crippen molar-refractivity contribution in [3.05, 3.63) is 118 Å². The molecule has 4 aromatic carbocycles. The van der Waals surface area contributed by atoms with Crippen molar-refractivity contribution in [2.75, 3.05) is 57.3 Å². The lowest BCUT2D eigenvalue weighted by Crippen LogP contribution is -2.25. The second-order valence-corrected chi connectivity index (χ2v) is 13.4. The van der Waals surface area contributed by atoms with Crippen LogP contribution in [0.3, 0.4) is 0 Å². The summed E-state index contributed by atoms with van der Waals surface area (Å²) in [6.07, 6.45) is 13.3. The molecule has 0 aliphatic carbocycles. The molecule has 0 aromatic heterocycles. The highest BCUT2D eigenvalue weighted by Gasteiger charge is 2.16. The van der Waals surface area contributed by atoms with Gasteiger partial charge in [-0.2, -0.15) is 0 Å². The number of hydrogen-bond acceptors (Lipinski definition) is 8. The van der Waals surface area contributed by atoms with E-state index < -0.39 is 24.3 Å². The van der Waals surface area contributed by atoms with Crippen LogP contribution in [0.15, 0.2) is 78.9 Å². The maximum atomic E-state index is 12.5. The Morgan fingerprint density at radius 3 is 1.69 bits per heavy atom.